The van der Waals surface area contributed by atoms with E-state index in [1.54, 1.807) is 25.1 Å². The minimum atomic E-state index is -0.683. The molecule has 1 aromatic rings. The van der Waals surface area contributed by atoms with Crippen LogP contribution >= 0.6 is 0 Å². The number of carbonyl (C=O) groups excluding carboxylic acids is 1. The van der Waals surface area contributed by atoms with Gasteiger partial charge in [-0.15, -0.1) is 13.2 Å². The third-order valence-electron chi connectivity index (χ3n) is 3.97. The molecule has 0 radical (unpaired) electrons. The highest BCUT2D eigenvalue weighted by molar-refractivity contribution is 6.41. The Kier molecular flexibility index (Phi) is 3.89. The van der Waals surface area contributed by atoms with Crippen molar-refractivity contribution in [2.75, 3.05) is 0 Å². The van der Waals surface area contributed by atoms with E-state index in [0.29, 0.717) is 18.5 Å². The smallest absolute Gasteiger partial charge is 0.234 e. The van der Waals surface area contributed by atoms with E-state index in [4.69, 9.17) is 0 Å². The Hall–Kier alpha value is -2.16. The monoisotopic (exact) mass is 269 g/mol. The van der Waals surface area contributed by atoms with Crippen LogP contribution in [-0.2, 0) is 10.2 Å². The second-order valence-corrected chi connectivity index (χ2v) is 5.13. The molecular weight excluding hydrogens is 250 g/mol. The van der Waals surface area contributed by atoms with Crippen molar-refractivity contribution >= 4 is 17.2 Å². The van der Waals surface area contributed by atoms with Gasteiger partial charge in [-0.05, 0) is 19.3 Å². The summed E-state index contributed by atoms with van der Waals surface area (Å²) in [5.41, 5.74) is 0.926. The lowest BCUT2D eigenvalue weighted by molar-refractivity contribution is -0.364. The molecule has 0 aliphatic carbocycles. The van der Waals surface area contributed by atoms with Crippen LogP contribution in [0.25, 0.3) is 0 Å². The van der Waals surface area contributed by atoms with E-state index in [2.05, 4.69) is 13.2 Å². The molecule has 2 rings (SSSR count). The number of allylic oxidation sites excluding steroid dienone is 2. The number of carbonyl (C=O) groups is 1. The molecule has 0 amide bonds. The number of Topliss-reactive ketones (excluding diaryl/α,β-unsaturated/α-hetero) is 1. The van der Waals surface area contributed by atoms with Gasteiger partial charge in [0, 0.05) is 18.6 Å². The lowest BCUT2D eigenvalue weighted by atomic mass is 9.68. The zero-order chi connectivity index (χ0) is 14.8. The fourth-order valence-electron chi connectivity index (χ4n) is 2.94. The molecular formula is C17H19NO2. The van der Waals surface area contributed by atoms with Gasteiger partial charge in [0.05, 0.1) is 5.41 Å². The molecule has 0 saturated heterocycles. The Morgan fingerprint density at radius 3 is 2.65 bits per heavy atom. The molecule has 20 heavy (non-hydrogen) atoms. The molecule has 1 aliphatic heterocycles. The molecule has 1 atom stereocenters. The van der Waals surface area contributed by atoms with Crippen molar-refractivity contribution in [3.63, 3.8) is 0 Å². The van der Waals surface area contributed by atoms with Crippen LogP contribution in [0.3, 0.4) is 0 Å². The van der Waals surface area contributed by atoms with Crippen LogP contribution in [0.1, 0.15) is 31.7 Å². The average molecular weight is 269 g/mol. The maximum absolute atomic E-state index is 12.8. The van der Waals surface area contributed by atoms with Gasteiger partial charge in [0.1, 0.15) is 0 Å². The fraction of sp³-hybridized carbons (Fsp3) is 0.294. The number of para-hydroxylation sites is 1. The predicted octanol–water partition coefficient (Wildman–Crippen LogP) is 3.65. The Labute approximate surface area is 119 Å². The third-order valence-corrected chi connectivity index (χ3v) is 3.97. The molecule has 0 spiro atoms. The summed E-state index contributed by atoms with van der Waals surface area (Å²) in [6.07, 6.45) is 5.45. The molecule has 1 aromatic carbocycles. The van der Waals surface area contributed by atoms with Gasteiger partial charge in [-0.3, -0.25) is 4.79 Å². The summed E-state index contributed by atoms with van der Waals surface area (Å²) in [6, 6.07) is 7.33. The SMILES string of the molecule is C=CCCC1(CC=C)C(=O)C(C)=[N+]([O-])c2ccccc21. The first-order chi connectivity index (χ1) is 9.58. The Morgan fingerprint density at radius 1 is 1.30 bits per heavy atom. The topological polar surface area (TPSA) is 43.1 Å². The van der Waals surface area contributed by atoms with Crippen molar-refractivity contribution in [3.8, 4) is 0 Å². The molecule has 0 aromatic heterocycles. The summed E-state index contributed by atoms with van der Waals surface area (Å²) in [5, 5.41) is 12.2. The van der Waals surface area contributed by atoms with Crippen LogP contribution in [0.15, 0.2) is 49.6 Å². The summed E-state index contributed by atoms with van der Waals surface area (Å²) >= 11 is 0. The normalized spacial score (nSPS) is 21.6. The lowest BCUT2D eigenvalue weighted by Gasteiger charge is -2.34. The minimum absolute atomic E-state index is 0.104. The molecule has 0 bridgehead atoms. The first kappa shape index (κ1) is 14.3. The lowest BCUT2D eigenvalue weighted by Crippen LogP contribution is -2.45. The summed E-state index contributed by atoms with van der Waals surface area (Å²) in [6.45, 7) is 9.11. The highest BCUT2D eigenvalue weighted by atomic mass is 16.5. The van der Waals surface area contributed by atoms with Crippen LogP contribution < -0.4 is 0 Å². The number of benzene rings is 1. The van der Waals surface area contributed by atoms with E-state index in [1.807, 2.05) is 18.2 Å². The van der Waals surface area contributed by atoms with Gasteiger partial charge in [0.25, 0.3) is 0 Å². The van der Waals surface area contributed by atoms with E-state index in [9.17, 15) is 10.0 Å². The van der Waals surface area contributed by atoms with Gasteiger partial charge in [0.2, 0.25) is 17.2 Å². The van der Waals surface area contributed by atoms with Crippen LogP contribution in [-0.4, -0.2) is 16.2 Å². The van der Waals surface area contributed by atoms with Gasteiger partial charge in [-0.1, -0.05) is 30.4 Å². The van der Waals surface area contributed by atoms with Crippen molar-refractivity contribution in [1.82, 2.24) is 0 Å². The van der Waals surface area contributed by atoms with Gasteiger partial charge in [-0.25, -0.2) is 0 Å². The largest absolute Gasteiger partial charge is 0.618 e. The highest BCUT2D eigenvalue weighted by Crippen LogP contribution is 2.42. The first-order valence-corrected chi connectivity index (χ1v) is 6.75. The van der Waals surface area contributed by atoms with Gasteiger partial charge in [-0.2, -0.15) is 4.74 Å². The number of rotatable bonds is 5. The molecule has 3 heteroatoms. The van der Waals surface area contributed by atoms with E-state index in [1.165, 1.54) is 0 Å². The van der Waals surface area contributed by atoms with Crippen molar-refractivity contribution < 1.29 is 9.53 Å². The van der Waals surface area contributed by atoms with Crippen molar-refractivity contribution in [2.24, 2.45) is 0 Å². The number of fused-ring (bicyclic) bond motifs is 1. The quantitative estimate of drug-likeness (QED) is 0.465. The van der Waals surface area contributed by atoms with Gasteiger partial charge >= 0.3 is 0 Å². The van der Waals surface area contributed by atoms with E-state index < -0.39 is 5.41 Å². The van der Waals surface area contributed by atoms with E-state index in [-0.39, 0.29) is 11.5 Å². The highest BCUT2D eigenvalue weighted by Gasteiger charge is 2.48. The fourth-order valence-corrected chi connectivity index (χ4v) is 2.94. The molecule has 3 nitrogen and oxygen atoms in total. The molecule has 1 aliphatic rings. The number of nitrogens with zero attached hydrogens (tertiary/aromatic N) is 1. The van der Waals surface area contributed by atoms with E-state index >= 15 is 0 Å². The average Bonchev–Trinajstić information content (AvgIpc) is 2.48. The second-order valence-electron chi connectivity index (χ2n) is 5.13. The molecule has 0 fully saturated rings. The third kappa shape index (κ3) is 1.99. The van der Waals surface area contributed by atoms with Crippen molar-refractivity contribution in [2.45, 2.75) is 31.6 Å². The number of hydrogen-bond donors (Lipinski definition) is 0. The van der Waals surface area contributed by atoms with Crippen molar-refractivity contribution in [3.05, 3.63) is 60.3 Å². The van der Waals surface area contributed by atoms with E-state index in [0.717, 1.165) is 16.7 Å². The minimum Gasteiger partial charge on any atom is -0.618 e. The Bertz CT molecular complexity index is 601. The zero-order valence-electron chi connectivity index (χ0n) is 11.8. The van der Waals surface area contributed by atoms with Crippen LogP contribution in [0.5, 0.6) is 0 Å². The number of ketones is 1. The molecule has 1 unspecified atom stereocenters. The van der Waals surface area contributed by atoms with Gasteiger partial charge < -0.3 is 5.21 Å². The zero-order valence-corrected chi connectivity index (χ0v) is 11.8. The molecule has 0 saturated carbocycles. The summed E-state index contributed by atoms with van der Waals surface area (Å²) in [7, 11) is 0. The first-order valence-electron chi connectivity index (χ1n) is 6.75. The number of hydrogen-bond acceptors (Lipinski definition) is 2. The maximum atomic E-state index is 12.8. The van der Waals surface area contributed by atoms with Crippen LogP contribution in [0.2, 0.25) is 0 Å². The summed E-state index contributed by atoms with van der Waals surface area (Å²) in [4.78, 5) is 12.8. The molecule has 1 heterocycles. The van der Waals surface area contributed by atoms with Gasteiger partial charge in [0.15, 0.2) is 0 Å². The Morgan fingerprint density at radius 2 is 2.00 bits per heavy atom. The summed E-state index contributed by atoms with van der Waals surface area (Å²) in [5.74, 6) is -0.104. The van der Waals surface area contributed by atoms with Crippen molar-refractivity contribution in [1.29, 1.82) is 0 Å². The summed E-state index contributed by atoms with van der Waals surface area (Å²) < 4.78 is 0.743. The predicted molar refractivity (Wildman–Crippen MR) is 81.3 cm³/mol. The molecule has 0 N–H and O–H groups in total. The molecule has 104 valence electrons. The maximum Gasteiger partial charge on any atom is 0.234 e. The second kappa shape index (κ2) is 5.45. The van der Waals surface area contributed by atoms with Crippen LogP contribution in [0, 0.1) is 5.21 Å². The standard InChI is InChI=1S/C17H19NO2/c1-4-6-12-17(11-5-2)14-9-7-8-10-15(14)18(20)13(3)16(17)19/h4-5,7-10H,1-2,6,11-12H2,3H3. The van der Waals surface area contributed by atoms with Crippen LogP contribution in [0.4, 0.5) is 5.69 Å². The Balaban J connectivity index is 2.69.